The highest BCUT2D eigenvalue weighted by atomic mass is 16.5. The van der Waals surface area contributed by atoms with Crippen LogP contribution in [0.4, 0.5) is 0 Å². The van der Waals surface area contributed by atoms with Crippen LogP contribution in [0.25, 0.3) is 0 Å². The molecule has 0 aliphatic carbocycles. The van der Waals surface area contributed by atoms with Crippen molar-refractivity contribution in [1.29, 1.82) is 0 Å². The molecule has 1 aliphatic rings. The smallest absolute Gasteiger partial charge is 0.0593 e. The van der Waals surface area contributed by atoms with Crippen LogP contribution < -0.4 is 0 Å². The molecule has 0 radical (unpaired) electrons. The number of β-amino-alcohol motifs (C(OH)–C–C–N with tert-alkyl or cyclic N) is 1. The van der Waals surface area contributed by atoms with E-state index in [9.17, 15) is 0 Å². The van der Waals surface area contributed by atoms with Gasteiger partial charge in [0.25, 0.3) is 0 Å². The Kier molecular flexibility index (Phi) is 6.10. The van der Waals surface area contributed by atoms with Crippen LogP contribution in [0.3, 0.4) is 0 Å². The standard InChI is InChI=1S/C10H22N2O2/c1-2-14-10-8-12-5-3-11(4-6-12)7-9-13/h13H,2-10H2,1H3. The van der Waals surface area contributed by atoms with Gasteiger partial charge in [-0.25, -0.2) is 0 Å². The Balaban J connectivity index is 2.03. The quantitative estimate of drug-likeness (QED) is 0.596. The molecule has 0 aromatic carbocycles. The summed E-state index contributed by atoms with van der Waals surface area (Å²) in [5.74, 6) is 0. The van der Waals surface area contributed by atoms with Crippen LogP contribution >= 0.6 is 0 Å². The zero-order valence-electron chi connectivity index (χ0n) is 9.11. The van der Waals surface area contributed by atoms with E-state index >= 15 is 0 Å². The maximum Gasteiger partial charge on any atom is 0.0593 e. The third-order valence-electron chi connectivity index (χ3n) is 2.64. The summed E-state index contributed by atoms with van der Waals surface area (Å²) in [5.41, 5.74) is 0. The maximum atomic E-state index is 8.78. The molecule has 0 aromatic heterocycles. The van der Waals surface area contributed by atoms with E-state index in [0.717, 1.165) is 52.5 Å². The molecule has 4 nitrogen and oxygen atoms in total. The molecule has 0 unspecified atom stereocenters. The van der Waals surface area contributed by atoms with Crippen molar-refractivity contribution >= 4 is 0 Å². The molecule has 1 heterocycles. The number of aliphatic hydroxyl groups is 1. The van der Waals surface area contributed by atoms with E-state index < -0.39 is 0 Å². The molecule has 0 atom stereocenters. The van der Waals surface area contributed by atoms with Gasteiger partial charge in [-0.3, -0.25) is 9.80 Å². The molecular formula is C10H22N2O2. The lowest BCUT2D eigenvalue weighted by molar-refractivity contribution is 0.0744. The minimum atomic E-state index is 0.277. The number of rotatable bonds is 6. The highest BCUT2D eigenvalue weighted by molar-refractivity contribution is 4.71. The van der Waals surface area contributed by atoms with Gasteiger partial charge >= 0.3 is 0 Å². The largest absolute Gasteiger partial charge is 0.395 e. The summed E-state index contributed by atoms with van der Waals surface area (Å²) >= 11 is 0. The molecule has 14 heavy (non-hydrogen) atoms. The molecule has 1 fully saturated rings. The van der Waals surface area contributed by atoms with Gasteiger partial charge < -0.3 is 9.84 Å². The molecule has 0 bridgehead atoms. The Bertz CT molecular complexity index is 136. The van der Waals surface area contributed by atoms with E-state index in [2.05, 4.69) is 9.80 Å². The maximum absolute atomic E-state index is 8.78. The van der Waals surface area contributed by atoms with Crippen molar-refractivity contribution in [1.82, 2.24) is 9.80 Å². The zero-order valence-corrected chi connectivity index (χ0v) is 9.11. The summed E-state index contributed by atoms with van der Waals surface area (Å²) in [6, 6.07) is 0. The summed E-state index contributed by atoms with van der Waals surface area (Å²) in [6.07, 6.45) is 0. The molecule has 0 amide bonds. The summed E-state index contributed by atoms with van der Waals surface area (Å²) in [6.45, 7) is 10.2. The van der Waals surface area contributed by atoms with E-state index in [1.54, 1.807) is 0 Å². The van der Waals surface area contributed by atoms with Crippen molar-refractivity contribution < 1.29 is 9.84 Å². The Morgan fingerprint density at radius 3 is 2.14 bits per heavy atom. The van der Waals surface area contributed by atoms with Crippen LogP contribution in [-0.4, -0.2) is 74.0 Å². The molecule has 84 valence electrons. The second-order valence-electron chi connectivity index (χ2n) is 3.60. The third-order valence-corrected chi connectivity index (χ3v) is 2.64. The van der Waals surface area contributed by atoms with Gasteiger partial charge in [0, 0.05) is 45.9 Å². The van der Waals surface area contributed by atoms with E-state index in [4.69, 9.17) is 9.84 Å². The van der Waals surface area contributed by atoms with Crippen LogP contribution in [0.2, 0.25) is 0 Å². The van der Waals surface area contributed by atoms with Gasteiger partial charge in [-0.1, -0.05) is 0 Å². The molecule has 1 N–H and O–H groups in total. The van der Waals surface area contributed by atoms with Crippen molar-refractivity contribution in [2.75, 3.05) is 59.1 Å². The van der Waals surface area contributed by atoms with Gasteiger partial charge in [-0.15, -0.1) is 0 Å². The zero-order chi connectivity index (χ0) is 10.2. The first-order chi connectivity index (χ1) is 6.86. The number of piperazine rings is 1. The van der Waals surface area contributed by atoms with E-state index in [0.29, 0.717) is 0 Å². The Morgan fingerprint density at radius 1 is 1.07 bits per heavy atom. The van der Waals surface area contributed by atoms with Crippen LogP contribution in [0.15, 0.2) is 0 Å². The first-order valence-electron chi connectivity index (χ1n) is 5.50. The fourth-order valence-corrected chi connectivity index (χ4v) is 1.72. The van der Waals surface area contributed by atoms with Crippen molar-refractivity contribution in [3.05, 3.63) is 0 Å². The number of nitrogens with zero attached hydrogens (tertiary/aromatic N) is 2. The summed E-state index contributed by atoms with van der Waals surface area (Å²) in [5, 5.41) is 8.78. The fraction of sp³-hybridized carbons (Fsp3) is 1.00. The summed E-state index contributed by atoms with van der Waals surface area (Å²) < 4.78 is 5.32. The van der Waals surface area contributed by atoms with E-state index in [1.807, 2.05) is 6.92 Å². The lowest BCUT2D eigenvalue weighted by atomic mass is 10.3. The van der Waals surface area contributed by atoms with Gasteiger partial charge in [0.05, 0.1) is 13.2 Å². The number of hydrogen-bond acceptors (Lipinski definition) is 4. The van der Waals surface area contributed by atoms with E-state index in [-0.39, 0.29) is 6.61 Å². The second-order valence-corrected chi connectivity index (χ2v) is 3.60. The predicted octanol–water partition coefficient (Wildman–Crippen LogP) is -0.367. The molecule has 4 heteroatoms. The fourth-order valence-electron chi connectivity index (χ4n) is 1.72. The van der Waals surface area contributed by atoms with Crippen LogP contribution in [0.5, 0.6) is 0 Å². The lowest BCUT2D eigenvalue weighted by Crippen LogP contribution is -2.47. The predicted molar refractivity (Wildman–Crippen MR) is 56.5 cm³/mol. The highest BCUT2D eigenvalue weighted by Crippen LogP contribution is 2.00. The van der Waals surface area contributed by atoms with Crippen LogP contribution in [-0.2, 0) is 4.74 Å². The molecule has 0 spiro atoms. The van der Waals surface area contributed by atoms with Crippen molar-refractivity contribution in [3.8, 4) is 0 Å². The number of hydrogen-bond donors (Lipinski definition) is 1. The normalized spacial score (nSPS) is 20.1. The lowest BCUT2D eigenvalue weighted by Gasteiger charge is -2.34. The minimum Gasteiger partial charge on any atom is -0.395 e. The minimum absolute atomic E-state index is 0.277. The topological polar surface area (TPSA) is 35.9 Å². The van der Waals surface area contributed by atoms with Gasteiger partial charge in [-0.05, 0) is 6.92 Å². The second kappa shape index (κ2) is 7.17. The van der Waals surface area contributed by atoms with E-state index in [1.165, 1.54) is 0 Å². The van der Waals surface area contributed by atoms with Crippen molar-refractivity contribution in [2.24, 2.45) is 0 Å². The van der Waals surface area contributed by atoms with Gasteiger partial charge in [0.15, 0.2) is 0 Å². The first kappa shape index (κ1) is 11.9. The summed E-state index contributed by atoms with van der Waals surface area (Å²) in [4.78, 5) is 4.72. The molecule has 0 saturated carbocycles. The molecule has 1 saturated heterocycles. The average molecular weight is 202 g/mol. The summed E-state index contributed by atoms with van der Waals surface area (Å²) in [7, 11) is 0. The molecule has 1 rings (SSSR count). The SMILES string of the molecule is CCOCCN1CCN(CCO)CC1. The Labute approximate surface area is 86.4 Å². The molecule has 0 aromatic rings. The number of ether oxygens (including phenoxy) is 1. The average Bonchev–Trinajstić information content (AvgIpc) is 2.21. The van der Waals surface area contributed by atoms with Crippen molar-refractivity contribution in [2.45, 2.75) is 6.92 Å². The highest BCUT2D eigenvalue weighted by Gasteiger charge is 2.15. The van der Waals surface area contributed by atoms with Crippen LogP contribution in [0, 0.1) is 0 Å². The van der Waals surface area contributed by atoms with Gasteiger partial charge in [0.1, 0.15) is 0 Å². The molecule has 1 aliphatic heterocycles. The van der Waals surface area contributed by atoms with Gasteiger partial charge in [0.2, 0.25) is 0 Å². The van der Waals surface area contributed by atoms with Gasteiger partial charge in [-0.2, -0.15) is 0 Å². The number of aliphatic hydroxyl groups excluding tert-OH is 1. The third kappa shape index (κ3) is 4.37. The molecular weight excluding hydrogens is 180 g/mol. The van der Waals surface area contributed by atoms with Crippen molar-refractivity contribution in [3.63, 3.8) is 0 Å². The Hall–Kier alpha value is -0.160. The van der Waals surface area contributed by atoms with Crippen LogP contribution in [0.1, 0.15) is 6.92 Å². The monoisotopic (exact) mass is 202 g/mol. The first-order valence-corrected chi connectivity index (χ1v) is 5.50. The Morgan fingerprint density at radius 2 is 1.64 bits per heavy atom.